The van der Waals surface area contributed by atoms with E-state index in [4.69, 9.17) is 0 Å². The first-order valence-electron chi connectivity index (χ1n) is 9.06. The van der Waals surface area contributed by atoms with Crippen LogP contribution in [0.15, 0.2) is 53.4 Å². The van der Waals surface area contributed by atoms with Gasteiger partial charge in [0, 0.05) is 24.0 Å². The Morgan fingerprint density at radius 2 is 1.70 bits per heavy atom. The van der Waals surface area contributed by atoms with E-state index < -0.39 is 10.0 Å². The van der Waals surface area contributed by atoms with Crippen LogP contribution in [0.3, 0.4) is 0 Å². The number of sulfonamides is 1. The molecule has 144 valence electrons. The number of hydrogen-bond acceptors (Lipinski definition) is 4. The third kappa shape index (κ3) is 4.31. The first kappa shape index (κ1) is 19.4. The fraction of sp³-hybridized carbons (Fsp3) is 0.350. The number of carbonyl (C=O) groups excluding carboxylic acids is 1. The molecule has 0 saturated heterocycles. The molecule has 0 radical (unpaired) electrons. The molecule has 2 aromatic carbocycles. The molecule has 0 spiro atoms. The van der Waals surface area contributed by atoms with Crippen LogP contribution in [0.5, 0.6) is 0 Å². The number of nitrogens with zero attached hydrogens (tertiary/aromatic N) is 1. The lowest BCUT2D eigenvalue weighted by atomic mass is 10.1. The van der Waals surface area contributed by atoms with Crippen LogP contribution < -0.4 is 14.9 Å². The number of amides is 1. The van der Waals surface area contributed by atoms with Gasteiger partial charge in [0.05, 0.1) is 4.90 Å². The summed E-state index contributed by atoms with van der Waals surface area (Å²) in [6, 6.07) is 13.8. The highest BCUT2D eigenvalue weighted by Crippen LogP contribution is 2.29. The summed E-state index contributed by atoms with van der Waals surface area (Å²) >= 11 is 0. The number of rotatable bonds is 6. The van der Waals surface area contributed by atoms with Crippen molar-refractivity contribution in [2.75, 3.05) is 16.8 Å². The molecular weight excluding hydrogens is 362 g/mol. The Morgan fingerprint density at radius 1 is 1.04 bits per heavy atom. The number of carbonyl (C=O) groups is 1. The number of nitrogens with one attached hydrogen (secondary N) is 2. The SMILES string of the molecule is CC(C)NS(=O)(=O)c1ccc(NC(=O)C(C)N2CCc3ccccc32)cc1. The van der Waals surface area contributed by atoms with Gasteiger partial charge >= 0.3 is 0 Å². The van der Waals surface area contributed by atoms with Crippen molar-refractivity contribution in [3.05, 3.63) is 54.1 Å². The maximum atomic E-state index is 12.7. The van der Waals surface area contributed by atoms with Crippen LogP contribution in [0.4, 0.5) is 11.4 Å². The molecule has 0 bridgehead atoms. The zero-order valence-corrected chi connectivity index (χ0v) is 16.6. The number of para-hydroxylation sites is 1. The predicted octanol–water partition coefficient (Wildman–Crippen LogP) is 2.76. The Kier molecular flexibility index (Phi) is 5.53. The topological polar surface area (TPSA) is 78.5 Å². The van der Waals surface area contributed by atoms with Crippen molar-refractivity contribution in [3.63, 3.8) is 0 Å². The quantitative estimate of drug-likeness (QED) is 0.799. The van der Waals surface area contributed by atoms with E-state index >= 15 is 0 Å². The zero-order valence-electron chi connectivity index (χ0n) is 15.8. The molecule has 1 amide bonds. The highest BCUT2D eigenvalue weighted by Gasteiger charge is 2.27. The van der Waals surface area contributed by atoms with Crippen LogP contribution in [0.2, 0.25) is 0 Å². The molecule has 1 aliphatic heterocycles. The van der Waals surface area contributed by atoms with Gasteiger partial charge < -0.3 is 10.2 Å². The molecule has 1 heterocycles. The first-order chi connectivity index (χ1) is 12.8. The summed E-state index contributed by atoms with van der Waals surface area (Å²) in [6.45, 7) is 6.23. The Labute approximate surface area is 160 Å². The van der Waals surface area contributed by atoms with Crippen LogP contribution in [0.1, 0.15) is 26.3 Å². The monoisotopic (exact) mass is 387 g/mol. The van der Waals surface area contributed by atoms with Crippen molar-refractivity contribution in [1.82, 2.24) is 4.72 Å². The number of fused-ring (bicyclic) bond motifs is 1. The molecule has 0 fully saturated rings. The first-order valence-corrected chi connectivity index (χ1v) is 10.5. The van der Waals surface area contributed by atoms with Crippen molar-refractivity contribution in [2.24, 2.45) is 0 Å². The summed E-state index contributed by atoms with van der Waals surface area (Å²) < 4.78 is 26.9. The van der Waals surface area contributed by atoms with Gasteiger partial charge in [0.1, 0.15) is 6.04 Å². The normalized spacial score (nSPS) is 14.9. The molecule has 1 atom stereocenters. The van der Waals surface area contributed by atoms with Gasteiger partial charge in [-0.15, -0.1) is 0 Å². The van der Waals surface area contributed by atoms with Crippen LogP contribution >= 0.6 is 0 Å². The molecule has 0 aromatic heterocycles. The largest absolute Gasteiger partial charge is 0.359 e. The fourth-order valence-corrected chi connectivity index (χ4v) is 4.50. The van der Waals surface area contributed by atoms with Gasteiger partial charge in [0.15, 0.2) is 0 Å². The van der Waals surface area contributed by atoms with Gasteiger partial charge in [-0.1, -0.05) is 18.2 Å². The van der Waals surface area contributed by atoms with E-state index in [0.717, 1.165) is 18.7 Å². The molecule has 0 aliphatic carbocycles. The van der Waals surface area contributed by atoms with Crippen LogP contribution in [0, 0.1) is 0 Å². The summed E-state index contributed by atoms with van der Waals surface area (Å²) in [5.74, 6) is -0.123. The highest BCUT2D eigenvalue weighted by molar-refractivity contribution is 7.89. The lowest BCUT2D eigenvalue weighted by Crippen LogP contribution is -2.41. The van der Waals surface area contributed by atoms with E-state index in [9.17, 15) is 13.2 Å². The van der Waals surface area contributed by atoms with E-state index in [-0.39, 0.29) is 22.9 Å². The second-order valence-electron chi connectivity index (χ2n) is 7.04. The van der Waals surface area contributed by atoms with Gasteiger partial charge in [-0.05, 0) is 63.1 Å². The fourth-order valence-electron chi connectivity index (χ4n) is 3.25. The third-order valence-electron chi connectivity index (χ3n) is 4.59. The summed E-state index contributed by atoms with van der Waals surface area (Å²) in [5, 5.41) is 2.87. The maximum absolute atomic E-state index is 12.7. The Hall–Kier alpha value is -2.38. The lowest BCUT2D eigenvalue weighted by Gasteiger charge is -2.26. The average molecular weight is 388 g/mol. The van der Waals surface area contributed by atoms with Gasteiger partial charge in [-0.25, -0.2) is 13.1 Å². The molecule has 0 saturated carbocycles. The minimum Gasteiger partial charge on any atom is -0.359 e. The number of anilines is 2. The smallest absolute Gasteiger partial charge is 0.246 e. The van der Waals surface area contributed by atoms with Crippen LogP contribution in [0.25, 0.3) is 0 Å². The Balaban J connectivity index is 1.68. The van der Waals surface area contributed by atoms with Crippen molar-refractivity contribution in [3.8, 4) is 0 Å². The minimum absolute atomic E-state index is 0.123. The predicted molar refractivity (Wildman–Crippen MR) is 107 cm³/mol. The molecule has 3 rings (SSSR count). The summed E-state index contributed by atoms with van der Waals surface area (Å²) in [4.78, 5) is 14.9. The number of hydrogen-bond donors (Lipinski definition) is 2. The molecule has 27 heavy (non-hydrogen) atoms. The van der Waals surface area contributed by atoms with Gasteiger partial charge in [0.2, 0.25) is 15.9 Å². The molecule has 2 aromatic rings. The van der Waals surface area contributed by atoms with Gasteiger partial charge in [-0.2, -0.15) is 0 Å². The van der Waals surface area contributed by atoms with Crippen molar-refractivity contribution < 1.29 is 13.2 Å². The standard InChI is InChI=1S/C20H25N3O3S/c1-14(2)22-27(25,26)18-10-8-17(9-11-18)21-20(24)15(3)23-13-12-16-6-4-5-7-19(16)23/h4-11,14-15,22H,12-13H2,1-3H3,(H,21,24). The molecule has 2 N–H and O–H groups in total. The van der Waals surface area contributed by atoms with Crippen molar-refractivity contribution in [1.29, 1.82) is 0 Å². The van der Waals surface area contributed by atoms with E-state index in [1.807, 2.05) is 25.1 Å². The van der Waals surface area contributed by atoms with Crippen LogP contribution in [-0.2, 0) is 21.2 Å². The van der Waals surface area contributed by atoms with Crippen LogP contribution in [-0.4, -0.2) is 33.0 Å². The Morgan fingerprint density at radius 3 is 2.37 bits per heavy atom. The zero-order chi connectivity index (χ0) is 19.6. The highest BCUT2D eigenvalue weighted by atomic mass is 32.2. The van der Waals surface area contributed by atoms with E-state index in [1.54, 1.807) is 26.0 Å². The number of benzene rings is 2. The molecule has 1 unspecified atom stereocenters. The summed E-state index contributed by atoms with van der Waals surface area (Å²) in [7, 11) is -3.54. The third-order valence-corrected chi connectivity index (χ3v) is 6.27. The van der Waals surface area contributed by atoms with Crippen molar-refractivity contribution in [2.45, 2.75) is 44.2 Å². The maximum Gasteiger partial charge on any atom is 0.246 e. The molecular formula is C20H25N3O3S. The molecule has 7 heteroatoms. The second kappa shape index (κ2) is 7.70. The Bertz CT molecular complexity index is 924. The van der Waals surface area contributed by atoms with E-state index in [0.29, 0.717) is 5.69 Å². The van der Waals surface area contributed by atoms with E-state index in [2.05, 4.69) is 21.0 Å². The lowest BCUT2D eigenvalue weighted by molar-refractivity contribution is -0.117. The molecule has 1 aliphatic rings. The van der Waals surface area contributed by atoms with Gasteiger partial charge in [-0.3, -0.25) is 4.79 Å². The van der Waals surface area contributed by atoms with Crippen molar-refractivity contribution >= 4 is 27.3 Å². The average Bonchev–Trinajstić information content (AvgIpc) is 3.04. The van der Waals surface area contributed by atoms with Gasteiger partial charge in [0.25, 0.3) is 0 Å². The second-order valence-corrected chi connectivity index (χ2v) is 8.75. The summed E-state index contributed by atoms with van der Waals surface area (Å²) in [6.07, 6.45) is 0.934. The van der Waals surface area contributed by atoms with E-state index in [1.165, 1.54) is 17.7 Å². The molecule has 6 nitrogen and oxygen atoms in total. The minimum atomic E-state index is -3.54. The summed E-state index contributed by atoms with van der Waals surface area (Å²) in [5.41, 5.74) is 2.92.